The largest absolute Gasteiger partial charge is 0.451 e. The first-order chi connectivity index (χ1) is 6.29. The number of hydrogen-bond donors (Lipinski definition) is 2. The standard InChI is InChI=1S/C9H15BNO2/c12-10(13)6-2-5-9-11-7-3-1-4-8-11/h1,3-4,7-8,12-13H,2,5-6,9H2/q+1. The maximum atomic E-state index is 8.60. The second-order valence-corrected chi connectivity index (χ2v) is 3.09. The highest BCUT2D eigenvalue weighted by Gasteiger charge is 2.06. The molecule has 0 radical (unpaired) electrons. The summed E-state index contributed by atoms with van der Waals surface area (Å²) in [6.07, 6.45) is 6.31. The quantitative estimate of drug-likeness (QED) is 0.387. The molecule has 1 aromatic heterocycles. The van der Waals surface area contributed by atoms with Gasteiger partial charge in [-0.25, -0.2) is 4.57 Å². The Morgan fingerprint density at radius 2 is 1.69 bits per heavy atom. The molecular weight excluding hydrogens is 165 g/mol. The number of aryl methyl sites for hydroxylation is 1. The second-order valence-electron chi connectivity index (χ2n) is 3.09. The van der Waals surface area contributed by atoms with E-state index in [-0.39, 0.29) is 0 Å². The van der Waals surface area contributed by atoms with Crippen molar-refractivity contribution in [2.75, 3.05) is 0 Å². The zero-order valence-electron chi connectivity index (χ0n) is 7.63. The van der Waals surface area contributed by atoms with Crippen LogP contribution in [-0.2, 0) is 6.54 Å². The van der Waals surface area contributed by atoms with Gasteiger partial charge in [0, 0.05) is 18.6 Å². The van der Waals surface area contributed by atoms with E-state index in [1.54, 1.807) is 0 Å². The summed E-state index contributed by atoms with van der Waals surface area (Å²) < 4.78 is 2.09. The van der Waals surface area contributed by atoms with Crippen LogP contribution in [0.3, 0.4) is 0 Å². The lowest BCUT2D eigenvalue weighted by Crippen LogP contribution is -2.32. The minimum Gasteiger partial charge on any atom is -0.427 e. The summed E-state index contributed by atoms with van der Waals surface area (Å²) in [5.41, 5.74) is 0. The smallest absolute Gasteiger partial charge is 0.427 e. The molecule has 1 heterocycles. The fourth-order valence-corrected chi connectivity index (χ4v) is 1.20. The Labute approximate surface area is 78.8 Å². The van der Waals surface area contributed by atoms with Crippen LogP contribution in [0.1, 0.15) is 12.8 Å². The van der Waals surface area contributed by atoms with Crippen LogP contribution in [-0.4, -0.2) is 17.2 Å². The first-order valence-electron chi connectivity index (χ1n) is 4.59. The number of aromatic nitrogens is 1. The van der Waals surface area contributed by atoms with Gasteiger partial charge in [0.25, 0.3) is 0 Å². The Bertz CT molecular complexity index is 228. The van der Waals surface area contributed by atoms with Crippen molar-refractivity contribution < 1.29 is 14.6 Å². The Balaban J connectivity index is 2.13. The van der Waals surface area contributed by atoms with Gasteiger partial charge in [0.2, 0.25) is 0 Å². The number of nitrogens with zero attached hydrogens (tertiary/aromatic N) is 1. The van der Waals surface area contributed by atoms with Crippen LogP contribution < -0.4 is 4.57 Å². The van der Waals surface area contributed by atoms with E-state index < -0.39 is 7.12 Å². The van der Waals surface area contributed by atoms with E-state index in [0.29, 0.717) is 6.32 Å². The molecule has 0 saturated heterocycles. The van der Waals surface area contributed by atoms with E-state index in [0.717, 1.165) is 19.4 Å². The minimum absolute atomic E-state index is 0.466. The highest BCUT2D eigenvalue weighted by Crippen LogP contribution is 1.97. The predicted molar refractivity (Wildman–Crippen MR) is 50.9 cm³/mol. The lowest BCUT2D eigenvalue weighted by molar-refractivity contribution is -0.697. The van der Waals surface area contributed by atoms with Crippen molar-refractivity contribution in [1.82, 2.24) is 0 Å². The Hall–Kier alpha value is -0.865. The van der Waals surface area contributed by atoms with Crippen LogP contribution in [0, 0.1) is 0 Å². The van der Waals surface area contributed by atoms with Gasteiger partial charge in [0.1, 0.15) is 6.54 Å². The van der Waals surface area contributed by atoms with Crippen LogP contribution in [0.4, 0.5) is 0 Å². The molecule has 13 heavy (non-hydrogen) atoms. The molecule has 2 N–H and O–H groups in total. The molecule has 0 fully saturated rings. The third-order valence-corrected chi connectivity index (χ3v) is 1.91. The number of pyridine rings is 1. The van der Waals surface area contributed by atoms with Crippen LogP contribution in [0.15, 0.2) is 30.6 Å². The molecule has 3 nitrogen and oxygen atoms in total. The molecule has 0 aromatic carbocycles. The van der Waals surface area contributed by atoms with Crippen molar-refractivity contribution in [1.29, 1.82) is 0 Å². The second kappa shape index (κ2) is 5.72. The maximum Gasteiger partial charge on any atom is 0.451 e. The Kier molecular flexibility index (Phi) is 4.50. The molecule has 0 saturated carbocycles. The van der Waals surface area contributed by atoms with Crippen molar-refractivity contribution in [3.8, 4) is 0 Å². The van der Waals surface area contributed by atoms with Gasteiger partial charge < -0.3 is 10.0 Å². The molecule has 70 valence electrons. The zero-order valence-corrected chi connectivity index (χ0v) is 7.63. The fourth-order valence-electron chi connectivity index (χ4n) is 1.20. The number of unbranched alkanes of at least 4 members (excludes halogenated alkanes) is 1. The zero-order chi connectivity index (χ0) is 9.52. The van der Waals surface area contributed by atoms with E-state index >= 15 is 0 Å². The van der Waals surface area contributed by atoms with Crippen LogP contribution in [0.5, 0.6) is 0 Å². The van der Waals surface area contributed by atoms with Crippen LogP contribution in [0.2, 0.25) is 6.32 Å². The van der Waals surface area contributed by atoms with Crippen molar-refractivity contribution in [2.24, 2.45) is 0 Å². The van der Waals surface area contributed by atoms with E-state index in [2.05, 4.69) is 4.57 Å². The highest BCUT2D eigenvalue weighted by molar-refractivity contribution is 6.40. The van der Waals surface area contributed by atoms with Gasteiger partial charge in [-0.3, -0.25) is 0 Å². The molecule has 0 spiro atoms. The van der Waals surface area contributed by atoms with Crippen molar-refractivity contribution in [3.05, 3.63) is 30.6 Å². The molecule has 0 atom stereocenters. The molecule has 1 rings (SSSR count). The fraction of sp³-hybridized carbons (Fsp3) is 0.444. The molecule has 0 aliphatic heterocycles. The summed E-state index contributed by atoms with van der Waals surface area (Å²) in [6, 6.07) is 5.95. The average Bonchev–Trinajstić information content (AvgIpc) is 2.14. The van der Waals surface area contributed by atoms with E-state index in [4.69, 9.17) is 10.0 Å². The summed E-state index contributed by atoms with van der Waals surface area (Å²) in [6.45, 7) is 0.938. The van der Waals surface area contributed by atoms with E-state index in [1.165, 1.54) is 0 Å². The number of hydrogen-bond acceptors (Lipinski definition) is 2. The first kappa shape index (κ1) is 10.2. The molecule has 0 aliphatic carbocycles. The average molecular weight is 180 g/mol. The van der Waals surface area contributed by atoms with Crippen LogP contribution in [0.25, 0.3) is 0 Å². The molecular formula is C9H15BNO2+. The third kappa shape index (κ3) is 4.65. The molecule has 0 amide bonds. The Morgan fingerprint density at radius 3 is 2.31 bits per heavy atom. The van der Waals surface area contributed by atoms with Crippen LogP contribution >= 0.6 is 0 Å². The monoisotopic (exact) mass is 180 g/mol. The number of rotatable bonds is 5. The van der Waals surface area contributed by atoms with Gasteiger partial charge in [-0.1, -0.05) is 6.07 Å². The summed E-state index contributed by atoms with van der Waals surface area (Å²) in [4.78, 5) is 0. The van der Waals surface area contributed by atoms with E-state index in [9.17, 15) is 0 Å². The lowest BCUT2D eigenvalue weighted by Gasteiger charge is -1.97. The van der Waals surface area contributed by atoms with Crippen molar-refractivity contribution in [2.45, 2.75) is 25.7 Å². The van der Waals surface area contributed by atoms with Gasteiger partial charge in [-0.05, 0) is 12.7 Å². The summed E-state index contributed by atoms with van der Waals surface area (Å²) in [5, 5.41) is 17.2. The third-order valence-electron chi connectivity index (χ3n) is 1.91. The molecule has 0 unspecified atom stereocenters. The highest BCUT2D eigenvalue weighted by atomic mass is 16.4. The summed E-state index contributed by atoms with van der Waals surface area (Å²) in [7, 11) is -1.15. The SMILES string of the molecule is OB(O)CCCC[n+]1ccccc1. The van der Waals surface area contributed by atoms with Gasteiger partial charge in [0.05, 0.1) is 0 Å². The normalized spacial score (nSPS) is 10.0. The lowest BCUT2D eigenvalue weighted by atomic mass is 9.84. The van der Waals surface area contributed by atoms with Gasteiger partial charge >= 0.3 is 7.12 Å². The summed E-state index contributed by atoms with van der Waals surface area (Å²) >= 11 is 0. The van der Waals surface area contributed by atoms with Crippen molar-refractivity contribution in [3.63, 3.8) is 0 Å². The van der Waals surface area contributed by atoms with Crippen molar-refractivity contribution >= 4 is 7.12 Å². The molecule has 4 heteroatoms. The van der Waals surface area contributed by atoms with Gasteiger partial charge in [-0.15, -0.1) is 0 Å². The molecule has 0 aliphatic rings. The predicted octanol–water partition coefficient (Wildman–Crippen LogP) is 0.227. The minimum atomic E-state index is -1.15. The first-order valence-corrected chi connectivity index (χ1v) is 4.59. The topological polar surface area (TPSA) is 44.3 Å². The Morgan fingerprint density at radius 1 is 1.00 bits per heavy atom. The molecule has 0 bridgehead atoms. The summed E-state index contributed by atoms with van der Waals surface area (Å²) in [5.74, 6) is 0. The van der Waals surface area contributed by atoms with E-state index in [1.807, 2.05) is 30.6 Å². The maximum absolute atomic E-state index is 8.60. The van der Waals surface area contributed by atoms with Gasteiger partial charge in [0.15, 0.2) is 12.4 Å². The van der Waals surface area contributed by atoms with Gasteiger partial charge in [-0.2, -0.15) is 0 Å². The molecule has 1 aromatic rings.